The first-order valence-corrected chi connectivity index (χ1v) is 7.36. The summed E-state index contributed by atoms with van der Waals surface area (Å²) in [5, 5.41) is 0. The highest BCUT2D eigenvalue weighted by Gasteiger charge is 2.19. The predicted octanol–water partition coefficient (Wildman–Crippen LogP) is 5.43. The van der Waals surface area contributed by atoms with Crippen molar-refractivity contribution in [2.45, 2.75) is 26.2 Å². The van der Waals surface area contributed by atoms with E-state index in [2.05, 4.69) is 53.7 Å². The van der Waals surface area contributed by atoms with Crippen molar-refractivity contribution in [2.24, 2.45) is 11.8 Å². The summed E-state index contributed by atoms with van der Waals surface area (Å²) in [4.78, 5) is 1.38. The lowest BCUT2D eigenvalue weighted by atomic mass is 10.0. The molecule has 1 fully saturated rings. The molecule has 0 N–H and O–H groups in total. The lowest BCUT2D eigenvalue weighted by molar-refractivity contribution is 0.642. The topological polar surface area (TPSA) is 0 Å². The van der Waals surface area contributed by atoms with E-state index in [0.29, 0.717) is 0 Å². The minimum Gasteiger partial charge on any atom is -0.129 e. The summed E-state index contributed by atoms with van der Waals surface area (Å²) in [5.41, 5.74) is 1.37. The molecule has 16 heavy (non-hydrogen) atoms. The first-order valence-electron chi connectivity index (χ1n) is 5.75. The Labute approximate surface area is 110 Å². The van der Waals surface area contributed by atoms with Gasteiger partial charge < -0.3 is 0 Å². The molecule has 1 aromatic rings. The molecule has 86 valence electrons. The summed E-state index contributed by atoms with van der Waals surface area (Å²) < 4.78 is 1.22. The third-order valence-electron chi connectivity index (χ3n) is 3.29. The van der Waals surface area contributed by atoms with Crippen molar-refractivity contribution in [1.82, 2.24) is 0 Å². The van der Waals surface area contributed by atoms with Gasteiger partial charge in [-0.15, -0.1) is 17.9 Å². The van der Waals surface area contributed by atoms with Gasteiger partial charge in [-0.25, -0.2) is 0 Å². The van der Waals surface area contributed by atoms with Crippen LogP contribution in [0.2, 0.25) is 0 Å². The van der Waals surface area contributed by atoms with E-state index < -0.39 is 0 Å². The molecule has 0 saturated heterocycles. The number of halogens is 1. The smallest absolute Gasteiger partial charge is 0.0707 e. The molecule has 2 atom stereocenters. The number of hydrogen-bond donors (Lipinski definition) is 0. The molecular weight excluding hydrogens is 280 g/mol. The highest BCUT2D eigenvalue weighted by Crippen LogP contribution is 2.34. The van der Waals surface area contributed by atoms with E-state index >= 15 is 0 Å². The number of thiophene rings is 1. The first-order chi connectivity index (χ1) is 7.69. The molecule has 0 bridgehead atoms. The van der Waals surface area contributed by atoms with E-state index in [-0.39, 0.29) is 0 Å². The second-order valence-electron chi connectivity index (χ2n) is 4.53. The predicted molar refractivity (Wildman–Crippen MR) is 76.8 cm³/mol. The first kappa shape index (κ1) is 12.1. The fourth-order valence-corrected chi connectivity index (χ4v) is 3.97. The van der Waals surface area contributed by atoms with Gasteiger partial charge in [0, 0.05) is 4.88 Å². The largest absolute Gasteiger partial charge is 0.129 e. The molecule has 0 aromatic carbocycles. The van der Waals surface area contributed by atoms with E-state index in [1.54, 1.807) is 0 Å². The lowest BCUT2D eigenvalue weighted by Crippen LogP contribution is -1.89. The van der Waals surface area contributed by atoms with E-state index in [0.717, 1.165) is 11.8 Å². The van der Waals surface area contributed by atoms with Crippen molar-refractivity contribution in [2.75, 3.05) is 0 Å². The van der Waals surface area contributed by atoms with Crippen LogP contribution >= 0.6 is 27.3 Å². The van der Waals surface area contributed by atoms with E-state index in [1.165, 1.54) is 33.5 Å². The Balaban J connectivity index is 1.99. The van der Waals surface area contributed by atoms with Gasteiger partial charge in [0.25, 0.3) is 0 Å². The van der Waals surface area contributed by atoms with Crippen LogP contribution in [0.4, 0.5) is 0 Å². The quantitative estimate of drug-likeness (QED) is 0.652. The highest BCUT2D eigenvalue weighted by molar-refractivity contribution is 9.11. The van der Waals surface area contributed by atoms with Crippen LogP contribution in [0.3, 0.4) is 0 Å². The molecule has 1 aliphatic carbocycles. The van der Waals surface area contributed by atoms with E-state index in [9.17, 15) is 0 Å². The van der Waals surface area contributed by atoms with Gasteiger partial charge in [-0.3, -0.25) is 0 Å². The zero-order chi connectivity index (χ0) is 11.5. The van der Waals surface area contributed by atoms with Crippen LogP contribution in [0.15, 0.2) is 28.6 Å². The molecule has 0 amide bonds. The van der Waals surface area contributed by atoms with Crippen LogP contribution in [0, 0.1) is 18.8 Å². The van der Waals surface area contributed by atoms with Gasteiger partial charge in [0.1, 0.15) is 0 Å². The Morgan fingerprint density at radius 2 is 2.19 bits per heavy atom. The van der Waals surface area contributed by atoms with Gasteiger partial charge in [-0.05, 0) is 71.7 Å². The van der Waals surface area contributed by atoms with Crippen LogP contribution < -0.4 is 0 Å². The molecule has 0 aliphatic heterocycles. The highest BCUT2D eigenvalue weighted by atomic mass is 79.9. The molecule has 1 aromatic heterocycles. The molecule has 2 heteroatoms. The van der Waals surface area contributed by atoms with Crippen LogP contribution in [0.25, 0.3) is 6.08 Å². The maximum Gasteiger partial charge on any atom is 0.0707 e. The fraction of sp³-hybridized carbons (Fsp3) is 0.429. The summed E-state index contributed by atoms with van der Waals surface area (Å²) in [6, 6.07) is 2.19. The van der Waals surface area contributed by atoms with Crippen molar-refractivity contribution < 1.29 is 0 Å². The Morgan fingerprint density at radius 1 is 1.44 bits per heavy atom. The maximum absolute atomic E-state index is 3.88. The molecular formula is C14H17BrS. The standard InChI is InChI=1S/C14H17BrS/c1-3-11-4-5-12(9-11)6-7-13-10(2)8-14(15)16-13/h3,6-8,11-12H,1,4-5,9H2,2H3/b7-6+. The summed E-state index contributed by atoms with van der Waals surface area (Å²) in [6.45, 7) is 6.05. The van der Waals surface area contributed by atoms with Gasteiger partial charge in [-0.2, -0.15) is 0 Å². The minimum atomic E-state index is 0.741. The molecule has 2 rings (SSSR count). The number of allylic oxidation sites excluding steroid dienone is 2. The van der Waals surface area contributed by atoms with Crippen molar-refractivity contribution >= 4 is 33.3 Å². The van der Waals surface area contributed by atoms with Gasteiger partial charge in [0.2, 0.25) is 0 Å². The molecule has 1 saturated carbocycles. The van der Waals surface area contributed by atoms with E-state index in [4.69, 9.17) is 0 Å². The van der Waals surface area contributed by atoms with Crippen molar-refractivity contribution in [3.05, 3.63) is 39.0 Å². The second kappa shape index (κ2) is 5.33. The molecule has 0 spiro atoms. The summed E-state index contributed by atoms with van der Waals surface area (Å²) >= 11 is 5.34. The van der Waals surface area contributed by atoms with Gasteiger partial charge >= 0.3 is 0 Å². The molecule has 0 nitrogen and oxygen atoms in total. The lowest BCUT2D eigenvalue weighted by Gasteiger charge is -2.02. The number of hydrogen-bond acceptors (Lipinski definition) is 1. The van der Waals surface area contributed by atoms with Crippen molar-refractivity contribution in [3.63, 3.8) is 0 Å². The Bertz CT molecular complexity index is 403. The molecule has 1 heterocycles. The summed E-state index contributed by atoms with van der Waals surface area (Å²) in [7, 11) is 0. The fourth-order valence-electron chi connectivity index (χ4n) is 2.29. The molecule has 2 unspecified atom stereocenters. The SMILES string of the molecule is C=CC1CCC(/C=C/c2sc(Br)cc2C)C1. The van der Waals surface area contributed by atoms with E-state index in [1.807, 2.05) is 11.3 Å². The third-order valence-corrected chi connectivity index (χ3v) is 5.00. The third kappa shape index (κ3) is 2.86. The molecule has 0 radical (unpaired) electrons. The Morgan fingerprint density at radius 3 is 2.75 bits per heavy atom. The molecule has 1 aliphatic rings. The van der Waals surface area contributed by atoms with Crippen LogP contribution in [-0.4, -0.2) is 0 Å². The van der Waals surface area contributed by atoms with Gasteiger partial charge in [-0.1, -0.05) is 12.2 Å². The second-order valence-corrected chi connectivity index (χ2v) is 6.99. The number of rotatable bonds is 3. The number of aryl methyl sites for hydroxylation is 1. The van der Waals surface area contributed by atoms with Crippen LogP contribution in [0.1, 0.15) is 29.7 Å². The Kier molecular flexibility index (Phi) is 4.04. The summed E-state index contributed by atoms with van der Waals surface area (Å²) in [5.74, 6) is 1.49. The average Bonchev–Trinajstić information content (AvgIpc) is 2.82. The van der Waals surface area contributed by atoms with Crippen LogP contribution in [0.5, 0.6) is 0 Å². The van der Waals surface area contributed by atoms with Crippen LogP contribution in [-0.2, 0) is 0 Å². The van der Waals surface area contributed by atoms with Crippen molar-refractivity contribution in [1.29, 1.82) is 0 Å². The zero-order valence-electron chi connectivity index (χ0n) is 9.58. The monoisotopic (exact) mass is 296 g/mol. The Hall–Kier alpha value is -0.340. The van der Waals surface area contributed by atoms with Crippen molar-refractivity contribution in [3.8, 4) is 0 Å². The average molecular weight is 297 g/mol. The normalized spacial score (nSPS) is 25.4. The van der Waals surface area contributed by atoms with Gasteiger partial charge in [0.15, 0.2) is 0 Å². The summed E-state index contributed by atoms with van der Waals surface area (Å²) in [6.07, 6.45) is 10.7. The minimum absolute atomic E-state index is 0.741. The maximum atomic E-state index is 3.88. The zero-order valence-corrected chi connectivity index (χ0v) is 12.0. The van der Waals surface area contributed by atoms with Gasteiger partial charge in [0.05, 0.1) is 3.79 Å².